The maximum absolute atomic E-state index is 13.8. The molecule has 0 bridgehead atoms. The number of hydrogen-bond donors (Lipinski definition) is 1. The lowest BCUT2D eigenvalue weighted by Crippen LogP contribution is -2.46. The fraction of sp³-hybridized carbons (Fsp3) is 0.462. The van der Waals surface area contributed by atoms with Crippen molar-refractivity contribution in [3.63, 3.8) is 0 Å². The van der Waals surface area contributed by atoms with Crippen molar-refractivity contribution in [1.29, 1.82) is 0 Å². The maximum Gasteiger partial charge on any atom is 0.272 e. The van der Waals surface area contributed by atoms with Gasteiger partial charge in [-0.05, 0) is 25.8 Å². The van der Waals surface area contributed by atoms with Gasteiger partial charge in [-0.15, -0.1) is 0 Å². The van der Waals surface area contributed by atoms with Gasteiger partial charge in [0.15, 0.2) is 0 Å². The van der Waals surface area contributed by atoms with Crippen LogP contribution in [0.4, 0.5) is 10.1 Å². The number of benzene rings is 1. The number of halogens is 2. The molecule has 1 aromatic carbocycles. The SMILES string of the molecule is CCC(C)(CCBr)NC(=O)c1ccc([N+](=O)[O-])cc1F. The maximum atomic E-state index is 13.8. The second-order valence-electron chi connectivity index (χ2n) is 4.73. The number of hydrogen-bond acceptors (Lipinski definition) is 3. The second kappa shape index (κ2) is 6.78. The van der Waals surface area contributed by atoms with E-state index in [1.807, 2.05) is 13.8 Å². The summed E-state index contributed by atoms with van der Waals surface area (Å²) < 4.78 is 13.8. The highest BCUT2D eigenvalue weighted by molar-refractivity contribution is 9.09. The third-order valence-corrected chi connectivity index (χ3v) is 3.65. The van der Waals surface area contributed by atoms with E-state index in [2.05, 4.69) is 21.2 Å². The first-order valence-corrected chi connectivity index (χ1v) is 7.27. The Bertz CT molecular complexity index is 524. The van der Waals surface area contributed by atoms with E-state index in [9.17, 15) is 19.3 Å². The molecule has 0 saturated heterocycles. The van der Waals surface area contributed by atoms with Gasteiger partial charge in [-0.2, -0.15) is 0 Å². The lowest BCUT2D eigenvalue weighted by molar-refractivity contribution is -0.385. The normalized spacial score (nSPS) is 13.6. The molecule has 0 saturated carbocycles. The standard InChI is InChI=1S/C13H16BrFN2O3/c1-3-13(2,6-7-14)16-12(18)10-5-4-9(17(19)20)8-11(10)15/h4-5,8H,3,6-7H2,1-2H3,(H,16,18). The van der Waals surface area contributed by atoms with Gasteiger partial charge in [0.05, 0.1) is 16.6 Å². The Kier molecular flexibility index (Phi) is 5.62. The minimum absolute atomic E-state index is 0.190. The Balaban J connectivity index is 2.95. The molecule has 1 unspecified atom stereocenters. The molecule has 0 aliphatic heterocycles. The Hall–Kier alpha value is -1.50. The Morgan fingerprint density at radius 2 is 2.20 bits per heavy atom. The molecule has 7 heteroatoms. The van der Waals surface area contributed by atoms with E-state index in [1.165, 1.54) is 0 Å². The zero-order chi connectivity index (χ0) is 15.3. The molecule has 0 aromatic heterocycles. The average Bonchev–Trinajstić information content (AvgIpc) is 2.38. The predicted molar refractivity (Wildman–Crippen MR) is 77.6 cm³/mol. The zero-order valence-electron chi connectivity index (χ0n) is 11.3. The number of carbonyl (C=O) groups is 1. The molecule has 0 aliphatic carbocycles. The molecule has 110 valence electrons. The fourth-order valence-corrected chi connectivity index (χ4v) is 2.55. The van der Waals surface area contributed by atoms with Gasteiger partial charge < -0.3 is 5.32 Å². The Labute approximate surface area is 124 Å². The highest BCUT2D eigenvalue weighted by Crippen LogP contribution is 2.20. The number of alkyl halides is 1. The van der Waals surface area contributed by atoms with Crippen molar-refractivity contribution in [2.24, 2.45) is 0 Å². The van der Waals surface area contributed by atoms with Crippen molar-refractivity contribution in [2.75, 3.05) is 5.33 Å². The van der Waals surface area contributed by atoms with Crippen LogP contribution in [0.3, 0.4) is 0 Å². The zero-order valence-corrected chi connectivity index (χ0v) is 12.9. The molecule has 5 nitrogen and oxygen atoms in total. The third-order valence-electron chi connectivity index (χ3n) is 3.25. The van der Waals surface area contributed by atoms with Crippen molar-refractivity contribution in [3.8, 4) is 0 Å². The van der Waals surface area contributed by atoms with Crippen LogP contribution in [0.5, 0.6) is 0 Å². The Morgan fingerprint density at radius 1 is 1.55 bits per heavy atom. The monoisotopic (exact) mass is 346 g/mol. The number of nitrogens with one attached hydrogen (secondary N) is 1. The van der Waals surface area contributed by atoms with Crippen LogP contribution in [0.2, 0.25) is 0 Å². The van der Waals surface area contributed by atoms with Gasteiger partial charge in [0.2, 0.25) is 0 Å². The highest BCUT2D eigenvalue weighted by atomic mass is 79.9. The number of carbonyl (C=O) groups excluding carboxylic acids is 1. The van der Waals surface area contributed by atoms with E-state index in [0.29, 0.717) is 18.2 Å². The van der Waals surface area contributed by atoms with Crippen LogP contribution in [0.1, 0.15) is 37.0 Å². The molecule has 0 heterocycles. The molecule has 20 heavy (non-hydrogen) atoms. The molecule has 1 atom stereocenters. The number of rotatable bonds is 6. The number of nitro groups is 1. The van der Waals surface area contributed by atoms with Crippen LogP contribution in [-0.2, 0) is 0 Å². The van der Waals surface area contributed by atoms with Crippen molar-refractivity contribution in [1.82, 2.24) is 5.32 Å². The molecule has 1 amide bonds. The number of amides is 1. The van der Waals surface area contributed by atoms with Crippen molar-refractivity contribution in [3.05, 3.63) is 39.7 Å². The van der Waals surface area contributed by atoms with E-state index >= 15 is 0 Å². The minimum atomic E-state index is -0.894. The molecule has 0 radical (unpaired) electrons. The Morgan fingerprint density at radius 3 is 2.65 bits per heavy atom. The largest absolute Gasteiger partial charge is 0.347 e. The molecule has 0 spiro atoms. The fourth-order valence-electron chi connectivity index (χ4n) is 1.68. The summed E-state index contributed by atoms with van der Waals surface area (Å²) in [5.74, 6) is -1.46. The number of non-ortho nitro benzene ring substituents is 1. The van der Waals surface area contributed by atoms with Crippen molar-refractivity contribution >= 4 is 27.5 Å². The lowest BCUT2D eigenvalue weighted by Gasteiger charge is -2.29. The van der Waals surface area contributed by atoms with Crippen molar-refractivity contribution in [2.45, 2.75) is 32.2 Å². The first-order valence-electron chi connectivity index (χ1n) is 6.15. The summed E-state index contributed by atoms with van der Waals surface area (Å²) in [4.78, 5) is 21.9. The molecule has 0 aliphatic rings. The van der Waals surface area contributed by atoms with Gasteiger partial charge in [-0.3, -0.25) is 14.9 Å². The first kappa shape index (κ1) is 16.6. The molecular formula is C13H16BrFN2O3. The van der Waals surface area contributed by atoms with Crippen molar-refractivity contribution < 1.29 is 14.1 Å². The van der Waals surface area contributed by atoms with E-state index in [0.717, 1.165) is 18.2 Å². The van der Waals surface area contributed by atoms with Crippen LogP contribution < -0.4 is 5.32 Å². The third kappa shape index (κ3) is 4.00. The minimum Gasteiger partial charge on any atom is -0.347 e. The lowest BCUT2D eigenvalue weighted by atomic mass is 9.95. The summed E-state index contributed by atoms with van der Waals surface area (Å²) in [6.07, 6.45) is 1.39. The van der Waals surface area contributed by atoms with Crippen LogP contribution in [0.25, 0.3) is 0 Å². The molecule has 1 N–H and O–H groups in total. The number of nitrogens with zero attached hydrogens (tertiary/aromatic N) is 1. The first-order chi connectivity index (χ1) is 9.33. The topological polar surface area (TPSA) is 72.2 Å². The predicted octanol–water partition coefficient (Wildman–Crippen LogP) is 3.42. The van der Waals surface area contributed by atoms with Gasteiger partial charge in [0, 0.05) is 16.9 Å². The van der Waals surface area contributed by atoms with Gasteiger partial charge >= 0.3 is 0 Å². The van der Waals surface area contributed by atoms with Crippen LogP contribution in [0, 0.1) is 15.9 Å². The van der Waals surface area contributed by atoms with Gasteiger partial charge in [0.1, 0.15) is 5.82 Å². The summed E-state index contributed by atoms with van der Waals surface area (Å²) in [6.45, 7) is 3.80. The van der Waals surface area contributed by atoms with Gasteiger partial charge in [-0.25, -0.2) is 4.39 Å². The van der Waals surface area contributed by atoms with E-state index in [1.54, 1.807) is 0 Å². The smallest absolute Gasteiger partial charge is 0.272 e. The molecule has 0 fully saturated rings. The molecular weight excluding hydrogens is 331 g/mol. The van der Waals surface area contributed by atoms with Gasteiger partial charge in [0.25, 0.3) is 11.6 Å². The van der Waals surface area contributed by atoms with Crippen LogP contribution in [-0.4, -0.2) is 21.7 Å². The molecule has 1 aromatic rings. The van der Waals surface area contributed by atoms with Gasteiger partial charge in [-0.1, -0.05) is 22.9 Å². The quantitative estimate of drug-likeness (QED) is 0.487. The van der Waals surface area contributed by atoms with Crippen LogP contribution >= 0.6 is 15.9 Å². The van der Waals surface area contributed by atoms with E-state index in [4.69, 9.17) is 0 Å². The second-order valence-corrected chi connectivity index (χ2v) is 5.52. The number of nitro benzene ring substituents is 1. The van der Waals surface area contributed by atoms with E-state index < -0.39 is 22.2 Å². The summed E-state index contributed by atoms with van der Waals surface area (Å²) in [7, 11) is 0. The van der Waals surface area contributed by atoms with E-state index in [-0.39, 0.29) is 11.3 Å². The summed E-state index contributed by atoms with van der Waals surface area (Å²) in [5, 5.41) is 14.0. The highest BCUT2D eigenvalue weighted by Gasteiger charge is 2.26. The van der Waals surface area contributed by atoms with Crippen LogP contribution in [0.15, 0.2) is 18.2 Å². The summed E-state index contributed by atoms with van der Waals surface area (Å²) in [6, 6.07) is 3.00. The average molecular weight is 347 g/mol. The summed E-state index contributed by atoms with van der Waals surface area (Å²) in [5.41, 5.74) is -1.02. The summed E-state index contributed by atoms with van der Waals surface area (Å²) >= 11 is 3.31. The molecule has 1 rings (SSSR count).